The number of nitrogens with one attached hydrogen (secondary N) is 2. The number of rotatable bonds is 7. The van der Waals surface area contributed by atoms with Gasteiger partial charge < -0.3 is 4.74 Å². The van der Waals surface area contributed by atoms with E-state index in [9.17, 15) is 18.5 Å². The molecule has 3 aromatic rings. The molecular weight excluding hydrogens is 376 g/mol. The minimum absolute atomic E-state index is 0.187. The highest BCUT2D eigenvalue weighted by Gasteiger charge is 2.26. The van der Waals surface area contributed by atoms with Crippen LogP contribution in [0.2, 0.25) is 0 Å². The number of nitro groups is 1. The van der Waals surface area contributed by atoms with Crippen LogP contribution in [-0.4, -0.2) is 41.1 Å². The monoisotopic (exact) mass is 390 g/mol. The molecule has 0 saturated carbocycles. The Balaban J connectivity index is 1.83. The molecule has 3 rings (SSSR count). The van der Waals surface area contributed by atoms with Crippen molar-refractivity contribution in [2.75, 3.05) is 11.8 Å². The summed E-state index contributed by atoms with van der Waals surface area (Å²) in [6.07, 6.45) is 0.424. The predicted molar refractivity (Wildman–Crippen MR) is 93.9 cm³/mol. The standard InChI is InChI=1S/C15H14N6O5S/c1-26-12-6-7-14(13(9-12)21(22)23)27(24,25)18-11-4-2-10(3-5-11)8-15-16-19-20-17-15/h2-7,9,18H,8H2,1H3,(H,16,17,19,20). The smallest absolute Gasteiger partial charge is 0.293 e. The number of aromatic nitrogens is 4. The lowest BCUT2D eigenvalue weighted by atomic mass is 10.1. The maximum Gasteiger partial charge on any atom is 0.293 e. The maximum atomic E-state index is 12.6. The first-order valence-corrected chi connectivity index (χ1v) is 9.04. The Labute approximate surface area is 153 Å². The van der Waals surface area contributed by atoms with Crippen molar-refractivity contribution in [1.29, 1.82) is 0 Å². The summed E-state index contributed by atoms with van der Waals surface area (Å²) in [4.78, 5) is 10.00. The molecular formula is C15H14N6O5S. The van der Waals surface area contributed by atoms with Gasteiger partial charge >= 0.3 is 0 Å². The summed E-state index contributed by atoms with van der Waals surface area (Å²) in [6, 6.07) is 10.0. The summed E-state index contributed by atoms with van der Waals surface area (Å²) in [7, 11) is -2.83. The number of H-pyrrole nitrogens is 1. The van der Waals surface area contributed by atoms with Crippen molar-refractivity contribution in [2.24, 2.45) is 0 Å². The number of nitrogens with zero attached hydrogens (tertiary/aromatic N) is 4. The van der Waals surface area contributed by atoms with Crippen molar-refractivity contribution in [2.45, 2.75) is 11.3 Å². The molecule has 0 spiro atoms. The van der Waals surface area contributed by atoms with Crippen molar-refractivity contribution in [3.63, 3.8) is 0 Å². The van der Waals surface area contributed by atoms with Crippen molar-refractivity contribution in [1.82, 2.24) is 20.6 Å². The number of tetrazole rings is 1. The fourth-order valence-electron chi connectivity index (χ4n) is 2.33. The number of anilines is 1. The Morgan fingerprint density at radius 3 is 2.56 bits per heavy atom. The van der Waals surface area contributed by atoms with Crippen LogP contribution in [0.4, 0.5) is 11.4 Å². The Kier molecular flexibility index (Phi) is 4.98. The first-order chi connectivity index (χ1) is 12.9. The van der Waals surface area contributed by atoms with Gasteiger partial charge in [-0.1, -0.05) is 17.3 Å². The third-order valence-electron chi connectivity index (χ3n) is 3.61. The summed E-state index contributed by atoms with van der Waals surface area (Å²) >= 11 is 0. The van der Waals surface area contributed by atoms with E-state index in [1.54, 1.807) is 24.3 Å². The van der Waals surface area contributed by atoms with Gasteiger partial charge in [0.1, 0.15) is 5.75 Å². The Bertz CT molecular complexity index is 1050. The van der Waals surface area contributed by atoms with Crippen LogP contribution in [0, 0.1) is 10.1 Å². The molecule has 0 radical (unpaired) electrons. The maximum absolute atomic E-state index is 12.6. The van der Waals surface area contributed by atoms with Crippen LogP contribution in [0.5, 0.6) is 5.75 Å². The highest BCUT2D eigenvalue weighted by Crippen LogP contribution is 2.29. The average Bonchev–Trinajstić information content (AvgIpc) is 3.15. The van der Waals surface area contributed by atoms with Crippen LogP contribution in [0.15, 0.2) is 47.4 Å². The first-order valence-electron chi connectivity index (χ1n) is 7.55. The van der Waals surface area contributed by atoms with Crippen LogP contribution >= 0.6 is 0 Å². The first kappa shape index (κ1) is 18.3. The molecule has 0 bridgehead atoms. The summed E-state index contributed by atoms with van der Waals surface area (Å²) < 4.78 is 32.4. The summed E-state index contributed by atoms with van der Waals surface area (Å²) in [5.41, 5.74) is 0.530. The number of nitro benzene ring substituents is 1. The Morgan fingerprint density at radius 1 is 1.22 bits per heavy atom. The van der Waals surface area contributed by atoms with E-state index in [0.29, 0.717) is 12.2 Å². The second kappa shape index (κ2) is 7.37. The molecule has 0 saturated heterocycles. The topological polar surface area (TPSA) is 153 Å². The van der Waals surface area contributed by atoms with Gasteiger partial charge in [-0.05, 0) is 29.8 Å². The van der Waals surface area contributed by atoms with Crippen LogP contribution in [-0.2, 0) is 16.4 Å². The van der Waals surface area contributed by atoms with Gasteiger partial charge in [0.05, 0.1) is 18.1 Å². The number of sulfonamides is 1. The SMILES string of the molecule is COc1ccc(S(=O)(=O)Nc2ccc(Cc3nn[nH]n3)cc2)c([N+](=O)[O-])c1. The number of aromatic amines is 1. The minimum Gasteiger partial charge on any atom is -0.497 e. The van der Waals surface area contributed by atoms with Gasteiger partial charge in [-0.25, -0.2) is 8.42 Å². The lowest BCUT2D eigenvalue weighted by Crippen LogP contribution is -2.14. The van der Waals surface area contributed by atoms with E-state index in [2.05, 4.69) is 25.3 Å². The molecule has 0 aliphatic carbocycles. The molecule has 27 heavy (non-hydrogen) atoms. The van der Waals surface area contributed by atoms with Crippen molar-refractivity contribution in [3.05, 3.63) is 64.0 Å². The van der Waals surface area contributed by atoms with Crippen molar-refractivity contribution in [3.8, 4) is 5.75 Å². The van der Waals surface area contributed by atoms with Crippen LogP contribution < -0.4 is 9.46 Å². The van der Waals surface area contributed by atoms with E-state index in [1.165, 1.54) is 13.2 Å². The molecule has 140 valence electrons. The fraction of sp³-hybridized carbons (Fsp3) is 0.133. The lowest BCUT2D eigenvalue weighted by Gasteiger charge is -2.10. The molecule has 0 amide bonds. The second-order valence-electron chi connectivity index (χ2n) is 5.40. The molecule has 12 heteroatoms. The van der Waals surface area contributed by atoms with Crippen LogP contribution in [0.3, 0.4) is 0 Å². The molecule has 2 N–H and O–H groups in total. The van der Waals surface area contributed by atoms with Crippen molar-refractivity contribution < 1.29 is 18.1 Å². The molecule has 0 fully saturated rings. The average molecular weight is 390 g/mol. The minimum atomic E-state index is -4.16. The van der Waals surface area contributed by atoms with Gasteiger partial charge in [0, 0.05) is 12.1 Å². The molecule has 0 aliphatic rings. The number of methoxy groups -OCH3 is 1. The van der Waals surface area contributed by atoms with Gasteiger partial charge in [-0.3, -0.25) is 14.8 Å². The number of hydrogen-bond acceptors (Lipinski definition) is 8. The third-order valence-corrected chi connectivity index (χ3v) is 5.04. The Hall–Kier alpha value is -3.54. The van der Waals surface area contributed by atoms with Crippen LogP contribution in [0.1, 0.15) is 11.4 Å². The third kappa shape index (κ3) is 4.17. The van der Waals surface area contributed by atoms with Gasteiger partial charge in [0.25, 0.3) is 15.7 Å². The fourth-order valence-corrected chi connectivity index (χ4v) is 3.55. The Morgan fingerprint density at radius 2 is 1.96 bits per heavy atom. The summed E-state index contributed by atoms with van der Waals surface area (Å²) in [5.74, 6) is 0.684. The van der Waals surface area contributed by atoms with Crippen molar-refractivity contribution >= 4 is 21.4 Å². The zero-order chi connectivity index (χ0) is 19.4. The molecule has 0 aliphatic heterocycles. The molecule has 1 heterocycles. The molecule has 0 atom stereocenters. The van der Waals surface area contributed by atoms with E-state index in [4.69, 9.17) is 4.74 Å². The molecule has 2 aromatic carbocycles. The molecule has 1 aromatic heterocycles. The van der Waals surface area contributed by atoms with Gasteiger partial charge in [-0.2, -0.15) is 5.21 Å². The molecule has 11 nitrogen and oxygen atoms in total. The highest BCUT2D eigenvalue weighted by atomic mass is 32.2. The number of ether oxygens (including phenoxy) is 1. The highest BCUT2D eigenvalue weighted by molar-refractivity contribution is 7.92. The lowest BCUT2D eigenvalue weighted by molar-refractivity contribution is -0.387. The molecule has 0 unspecified atom stereocenters. The number of benzene rings is 2. The van der Waals surface area contributed by atoms with E-state index < -0.39 is 25.5 Å². The normalized spacial score (nSPS) is 11.1. The number of hydrogen-bond donors (Lipinski definition) is 2. The van der Waals surface area contributed by atoms with Gasteiger partial charge in [0.2, 0.25) is 0 Å². The van der Waals surface area contributed by atoms with E-state index >= 15 is 0 Å². The van der Waals surface area contributed by atoms with Crippen LogP contribution in [0.25, 0.3) is 0 Å². The van der Waals surface area contributed by atoms with Gasteiger partial charge in [0.15, 0.2) is 10.7 Å². The summed E-state index contributed by atoms with van der Waals surface area (Å²) in [6.45, 7) is 0. The van der Waals surface area contributed by atoms with E-state index in [1.807, 2.05) is 0 Å². The van der Waals surface area contributed by atoms with Gasteiger partial charge in [-0.15, -0.1) is 10.2 Å². The summed E-state index contributed by atoms with van der Waals surface area (Å²) in [5, 5.41) is 24.7. The quantitative estimate of drug-likeness (QED) is 0.454. The second-order valence-corrected chi connectivity index (χ2v) is 7.05. The van der Waals surface area contributed by atoms with E-state index in [0.717, 1.165) is 17.7 Å². The predicted octanol–water partition coefficient (Wildman–Crippen LogP) is 1.51. The van der Waals surface area contributed by atoms with E-state index in [-0.39, 0.29) is 11.4 Å². The largest absolute Gasteiger partial charge is 0.497 e. The zero-order valence-corrected chi connectivity index (χ0v) is 14.8. The zero-order valence-electron chi connectivity index (χ0n) is 14.0.